The van der Waals surface area contributed by atoms with Gasteiger partial charge in [0.15, 0.2) is 5.65 Å². The molecule has 0 radical (unpaired) electrons. The number of carbonyl (C=O) groups is 1. The van der Waals surface area contributed by atoms with E-state index < -0.39 is 0 Å². The number of rotatable bonds is 7. The van der Waals surface area contributed by atoms with Gasteiger partial charge in [-0.1, -0.05) is 59.8 Å². The second-order valence-electron chi connectivity index (χ2n) is 7.51. The molecule has 5 rings (SSSR count). The Labute approximate surface area is 194 Å². The SMILES string of the molecule is Cc1cccc(Cn2nccc2NC(=O)CSc2ncnc3c2cnn3-c2ccccc2)c1. The Hall–Kier alpha value is -3.98. The number of carbonyl (C=O) groups excluding carboxylic acids is 1. The molecule has 0 bridgehead atoms. The number of benzene rings is 2. The molecular weight excluding hydrogens is 434 g/mol. The Morgan fingerprint density at radius 2 is 1.91 bits per heavy atom. The van der Waals surface area contributed by atoms with Crippen molar-refractivity contribution in [3.05, 3.63) is 90.5 Å². The van der Waals surface area contributed by atoms with Crippen LogP contribution in [0.25, 0.3) is 16.7 Å². The molecule has 0 atom stereocenters. The second kappa shape index (κ2) is 9.25. The topological polar surface area (TPSA) is 90.5 Å². The van der Waals surface area contributed by atoms with Crippen LogP contribution in [0.3, 0.4) is 0 Å². The van der Waals surface area contributed by atoms with E-state index >= 15 is 0 Å². The first-order valence-electron chi connectivity index (χ1n) is 10.4. The fourth-order valence-electron chi connectivity index (χ4n) is 3.56. The number of anilines is 1. The Bertz CT molecular complexity index is 1410. The third kappa shape index (κ3) is 4.63. The molecule has 0 unspecified atom stereocenters. The number of fused-ring (bicyclic) bond motifs is 1. The van der Waals surface area contributed by atoms with Crippen molar-refractivity contribution in [1.82, 2.24) is 29.5 Å². The number of amides is 1. The maximum atomic E-state index is 12.7. The molecule has 8 nitrogen and oxygen atoms in total. The number of nitrogens with zero attached hydrogens (tertiary/aromatic N) is 6. The second-order valence-corrected chi connectivity index (χ2v) is 8.47. The zero-order valence-electron chi connectivity index (χ0n) is 17.9. The molecule has 0 fully saturated rings. The summed E-state index contributed by atoms with van der Waals surface area (Å²) in [4.78, 5) is 21.4. The van der Waals surface area contributed by atoms with Crippen molar-refractivity contribution >= 4 is 34.5 Å². The Kier molecular flexibility index (Phi) is 5.86. The van der Waals surface area contributed by atoms with Crippen LogP contribution in [0.4, 0.5) is 5.82 Å². The minimum Gasteiger partial charge on any atom is -0.310 e. The third-order valence-electron chi connectivity index (χ3n) is 5.07. The van der Waals surface area contributed by atoms with Crippen molar-refractivity contribution < 1.29 is 4.79 Å². The van der Waals surface area contributed by atoms with Crippen molar-refractivity contribution in [1.29, 1.82) is 0 Å². The van der Waals surface area contributed by atoms with Crippen LogP contribution < -0.4 is 5.32 Å². The van der Waals surface area contributed by atoms with Crippen LogP contribution in [0.5, 0.6) is 0 Å². The van der Waals surface area contributed by atoms with Crippen LogP contribution in [0, 0.1) is 6.92 Å². The van der Waals surface area contributed by atoms with Crippen molar-refractivity contribution in [3.63, 3.8) is 0 Å². The van der Waals surface area contributed by atoms with Gasteiger partial charge in [0.05, 0.1) is 35.8 Å². The lowest BCUT2D eigenvalue weighted by atomic mass is 10.1. The third-order valence-corrected chi connectivity index (χ3v) is 6.07. The zero-order valence-corrected chi connectivity index (χ0v) is 18.7. The number of para-hydroxylation sites is 1. The van der Waals surface area contributed by atoms with Crippen LogP contribution in [0.2, 0.25) is 0 Å². The Morgan fingerprint density at radius 1 is 1.03 bits per heavy atom. The van der Waals surface area contributed by atoms with Gasteiger partial charge in [-0.2, -0.15) is 10.2 Å². The lowest BCUT2D eigenvalue weighted by Crippen LogP contribution is -2.18. The highest BCUT2D eigenvalue weighted by Crippen LogP contribution is 2.26. The van der Waals surface area contributed by atoms with Gasteiger partial charge in [0.25, 0.3) is 0 Å². The molecule has 0 saturated carbocycles. The normalized spacial score (nSPS) is 11.1. The molecule has 1 amide bonds. The molecule has 0 aliphatic carbocycles. The number of aromatic nitrogens is 6. The van der Waals surface area contributed by atoms with Gasteiger partial charge in [0.1, 0.15) is 17.2 Å². The zero-order chi connectivity index (χ0) is 22.6. The maximum Gasteiger partial charge on any atom is 0.235 e. The first-order valence-corrected chi connectivity index (χ1v) is 11.4. The summed E-state index contributed by atoms with van der Waals surface area (Å²) in [6.45, 7) is 2.64. The van der Waals surface area contributed by atoms with E-state index in [1.807, 2.05) is 42.5 Å². The molecule has 2 aromatic carbocycles. The van der Waals surface area contributed by atoms with E-state index in [1.165, 1.54) is 23.7 Å². The van der Waals surface area contributed by atoms with E-state index in [9.17, 15) is 4.79 Å². The number of hydrogen-bond donors (Lipinski definition) is 1. The number of thioether (sulfide) groups is 1. The van der Waals surface area contributed by atoms with E-state index in [2.05, 4.69) is 44.5 Å². The molecule has 0 spiro atoms. The molecule has 0 aliphatic heterocycles. The van der Waals surface area contributed by atoms with Gasteiger partial charge in [-0.05, 0) is 24.6 Å². The average Bonchev–Trinajstić information content (AvgIpc) is 3.45. The van der Waals surface area contributed by atoms with Crippen molar-refractivity contribution in [2.45, 2.75) is 18.5 Å². The number of hydrogen-bond acceptors (Lipinski definition) is 6. The molecule has 1 N–H and O–H groups in total. The van der Waals surface area contributed by atoms with Gasteiger partial charge >= 0.3 is 0 Å². The first kappa shape index (κ1) is 20.9. The van der Waals surface area contributed by atoms with Gasteiger partial charge in [0.2, 0.25) is 5.91 Å². The highest BCUT2D eigenvalue weighted by molar-refractivity contribution is 8.00. The van der Waals surface area contributed by atoms with Crippen LogP contribution >= 0.6 is 11.8 Å². The fraction of sp³-hybridized carbons (Fsp3) is 0.125. The number of aryl methyl sites for hydroxylation is 1. The largest absolute Gasteiger partial charge is 0.310 e. The molecule has 164 valence electrons. The first-order chi connectivity index (χ1) is 16.2. The summed E-state index contributed by atoms with van der Waals surface area (Å²) in [5, 5.41) is 13.3. The summed E-state index contributed by atoms with van der Waals surface area (Å²) < 4.78 is 3.55. The summed E-state index contributed by atoms with van der Waals surface area (Å²) in [7, 11) is 0. The predicted molar refractivity (Wildman–Crippen MR) is 129 cm³/mol. The Balaban J connectivity index is 1.27. The molecule has 9 heteroatoms. The lowest BCUT2D eigenvalue weighted by Gasteiger charge is -2.10. The van der Waals surface area contributed by atoms with Gasteiger partial charge in [-0.25, -0.2) is 19.3 Å². The van der Waals surface area contributed by atoms with Gasteiger partial charge in [-0.3, -0.25) is 4.79 Å². The molecule has 0 saturated heterocycles. The van der Waals surface area contributed by atoms with Crippen LogP contribution in [-0.4, -0.2) is 41.2 Å². The molecular formula is C24H21N7OS. The molecule has 3 heterocycles. The van der Waals surface area contributed by atoms with Crippen molar-refractivity contribution in [2.75, 3.05) is 11.1 Å². The summed E-state index contributed by atoms with van der Waals surface area (Å²) in [5.74, 6) is 0.734. The van der Waals surface area contributed by atoms with Gasteiger partial charge in [0, 0.05) is 6.07 Å². The monoisotopic (exact) mass is 455 g/mol. The van der Waals surface area contributed by atoms with E-state index in [0.717, 1.165) is 16.6 Å². The average molecular weight is 456 g/mol. The molecule has 33 heavy (non-hydrogen) atoms. The summed E-state index contributed by atoms with van der Waals surface area (Å²) in [5.41, 5.74) is 3.94. The summed E-state index contributed by atoms with van der Waals surface area (Å²) in [6, 6.07) is 19.8. The Morgan fingerprint density at radius 3 is 2.76 bits per heavy atom. The van der Waals surface area contributed by atoms with Gasteiger partial charge < -0.3 is 5.32 Å². The van der Waals surface area contributed by atoms with E-state index in [1.54, 1.807) is 27.8 Å². The van der Waals surface area contributed by atoms with Crippen LogP contribution in [0.1, 0.15) is 11.1 Å². The number of nitrogens with one attached hydrogen (secondary N) is 1. The highest BCUT2D eigenvalue weighted by atomic mass is 32.2. The van der Waals surface area contributed by atoms with Crippen molar-refractivity contribution in [3.8, 4) is 5.69 Å². The van der Waals surface area contributed by atoms with Crippen LogP contribution in [-0.2, 0) is 11.3 Å². The van der Waals surface area contributed by atoms with E-state index in [0.29, 0.717) is 23.0 Å². The lowest BCUT2D eigenvalue weighted by molar-refractivity contribution is -0.113. The smallest absolute Gasteiger partial charge is 0.235 e. The molecule has 3 aromatic heterocycles. The molecule has 5 aromatic rings. The summed E-state index contributed by atoms with van der Waals surface area (Å²) >= 11 is 1.35. The van der Waals surface area contributed by atoms with E-state index in [4.69, 9.17) is 0 Å². The minimum absolute atomic E-state index is 0.131. The maximum absolute atomic E-state index is 12.7. The van der Waals surface area contributed by atoms with E-state index in [-0.39, 0.29) is 11.7 Å². The minimum atomic E-state index is -0.131. The molecule has 0 aliphatic rings. The standard InChI is InChI=1S/C24H21N7OS/c1-17-6-5-7-18(12-17)14-30-21(10-11-27-30)29-22(32)15-33-24-20-13-28-31(23(20)25-16-26-24)19-8-3-2-4-9-19/h2-13,16H,14-15H2,1H3,(H,29,32). The predicted octanol–water partition coefficient (Wildman–Crippen LogP) is 4.10. The van der Waals surface area contributed by atoms with Crippen LogP contribution in [0.15, 0.2) is 84.4 Å². The quantitative estimate of drug-likeness (QED) is 0.294. The fourth-order valence-corrected chi connectivity index (χ4v) is 4.32. The summed E-state index contributed by atoms with van der Waals surface area (Å²) in [6.07, 6.45) is 4.92. The van der Waals surface area contributed by atoms with Crippen molar-refractivity contribution in [2.24, 2.45) is 0 Å². The highest BCUT2D eigenvalue weighted by Gasteiger charge is 2.14. The van der Waals surface area contributed by atoms with Gasteiger partial charge in [-0.15, -0.1) is 0 Å².